The Morgan fingerprint density at radius 3 is 1.47 bits per heavy atom. The molecule has 7 aliphatic rings. The predicted molar refractivity (Wildman–Crippen MR) is 410 cm³/mol. The van der Waals surface area contributed by atoms with Gasteiger partial charge in [-0.2, -0.15) is 25.5 Å². The van der Waals surface area contributed by atoms with E-state index in [1.807, 2.05) is 59.1 Å². The molecule has 1 atom stereocenters. The highest BCUT2D eigenvalue weighted by molar-refractivity contribution is 6.02. The normalized spacial score (nSPS) is 17.5. The molecule has 0 radical (unpaired) electrons. The summed E-state index contributed by atoms with van der Waals surface area (Å²) in [5.74, 6) is 1.69. The van der Waals surface area contributed by atoms with E-state index in [1.165, 1.54) is 11.3 Å². The van der Waals surface area contributed by atoms with Crippen LogP contribution in [0, 0.1) is 5.92 Å². The summed E-state index contributed by atoms with van der Waals surface area (Å²) in [5, 5.41) is 29.1. The zero-order valence-electron chi connectivity index (χ0n) is 62.9. The fourth-order valence-corrected chi connectivity index (χ4v) is 17.5. The summed E-state index contributed by atoms with van der Waals surface area (Å²) < 4.78 is 110. The van der Waals surface area contributed by atoms with E-state index in [4.69, 9.17) is 19.7 Å². The number of amides is 2. The second-order valence-corrected chi connectivity index (χ2v) is 30.2. The van der Waals surface area contributed by atoms with Gasteiger partial charge in [0, 0.05) is 198 Å². The number of anilines is 6. The van der Waals surface area contributed by atoms with E-state index in [2.05, 4.69) is 46.5 Å². The van der Waals surface area contributed by atoms with Crippen LogP contribution in [0.15, 0.2) is 109 Å². The average Bonchev–Trinajstić information content (AvgIpc) is 1.53. The van der Waals surface area contributed by atoms with Gasteiger partial charge < -0.3 is 34.8 Å². The van der Waals surface area contributed by atoms with Crippen LogP contribution in [0.3, 0.4) is 0 Å². The molecule has 0 bridgehead atoms. The highest BCUT2D eigenvalue weighted by Gasteiger charge is 2.38. The molecule has 110 heavy (non-hydrogen) atoms. The van der Waals surface area contributed by atoms with E-state index < -0.39 is 19.3 Å². The number of aromatic nitrogens is 12. The number of fused-ring (bicyclic) bond motifs is 6. The van der Waals surface area contributed by atoms with Crippen LogP contribution in [0.5, 0.6) is 0 Å². The minimum absolute atomic E-state index is 0.00427. The topological polar surface area (TPSA) is 202 Å². The number of hydrogen-bond acceptors (Lipinski definition) is 13. The third-order valence-electron chi connectivity index (χ3n) is 23.2. The monoisotopic (exact) mass is 1510 g/mol. The van der Waals surface area contributed by atoms with E-state index in [1.54, 1.807) is 121 Å². The zero-order chi connectivity index (χ0) is 76.5. The van der Waals surface area contributed by atoms with Crippen LogP contribution in [-0.2, 0) is 81.6 Å². The molecule has 2 N–H and O–H groups in total. The number of carbonyl (C=O) groups excluding carboxylic acids is 2. The summed E-state index contributed by atoms with van der Waals surface area (Å²) in [5.41, 5.74) is 16.8. The van der Waals surface area contributed by atoms with Crippen molar-refractivity contribution in [3.63, 3.8) is 0 Å². The van der Waals surface area contributed by atoms with Gasteiger partial charge >= 0.3 is 5.69 Å². The average molecular weight is 1510 g/mol. The van der Waals surface area contributed by atoms with Gasteiger partial charge in [0.05, 0.1) is 47.2 Å². The molecular formula is C82H91F6N17O5. The molecule has 2 saturated heterocycles. The highest BCUT2D eigenvalue weighted by Crippen LogP contribution is 2.50. The number of nitrogens with zero attached hydrogens (tertiary/aromatic N) is 15. The first-order valence-corrected chi connectivity index (χ1v) is 38.3. The standard InChI is InChI=1S/C28H34F2N6O2.C28H30F2N6O2.C26H27F2N5O/c2*1-31-28(37)18-5-6-24-23(13-18)27(33-36(24)20-7-10-38-11-8-20)35-9-3-4-17-12-21(19-15-32-34(2)16-19)22(26(29)30)14-25(17)35;1-30-14-17(13-29-30)19-9-16-5-4-8-33(22(16)12-21(19)25(27)28)18-10-20(15-6-7-15)24-23(11-18)31(2)26(34)32(24)3/h12,14-16,18,20,26H,3-11,13H2,1-2H3,(H,31,37);5-6,12-16,20,26H,3-4,7-11H2,1-2H3,(H,31,37);9-15,25H,4-8H2,1-3H3. The lowest BCUT2D eigenvalue weighted by atomic mass is 9.85. The molecule has 11 aromatic rings. The van der Waals surface area contributed by atoms with Crippen molar-refractivity contribution in [1.29, 1.82) is 0 Å². The van der Waals surface area contributed by atoms with E-state index in [-0.39, 0.29) is 52.2 Å². The number of imidazole rings is 1. The van der Waals surface area contributed by atoms with Crippen LogP contribution in [-0.4, -0.2) is 130 Å². The Morgan fingerprint density at radius 2 is 1.00 bits per heavy atom. The lowest BCUT2D eigenvalue weighted by molar-refractivity contribution is -0.124. The third kappa shape index (κ3) is 13.9. The van der Waals surface area contributed by atoms with Crippen LogP contribution in [0.2, 0.25) is 0 Å². The molecule has 5 aromatic carbocycles. The maximum atomic E-state index is 14.4. The minimum atomic E-state index is -2.64. The number of halogens is 6. The maximum Gasteiger partial charge on any atom is 0.328 e. The third-order valence-corrected chi connectivity index (χ3v) is 23.2. The Balaban J connectivity index is 0.000000126. The summed E-state index contributed by atoms with van der Waals surface area (Å²) in [7, 11) is 12.2. The van der Waals surface area contributed by atoms with Crippen LogP contribution < -0.4 is 31.0 Å². The molecule has 1 saturated carbocycles. The smallest absolute Gasteiger partial charge is 0.328 e. The maximum absolute atomic E-state index is 14.4. The summed E-state index contributed by atoms with van der Waals surface area (Å²) in [6, 6.07) is 20.9. The van der Waals surface area contributed by atoms with Crippen LogP contribution >= 0.6 is 0 Å². The van der Waals surface area contributed by atoms with Gasteiger partial charge in [-0.05, 0) is 208 Å². The van der Waals surface area contributed by atoms with E-state index in [0.29, 0.717) is 96.6 Å². The van der Waals surface area contributed by atoms with Gasteiger partial charge in [0.2, 0.25) is 5.91 Å². The van der Waals surface area contributed by atoms with Crippen molar-refractivity contribution in [1.82, 2.24) is 68.7 Å². The predicted octanol–water partition coefficient (Wildman–Crippen LogP) is 14.9. The Hall–Kier alpha value is -10.5. The molecular weight excluding hydrogens is 1420 g/mol. The van der Waals surface area contributed by atoms with Gasteiger partial charge in [-0.25, -0.2) is 31.1 Å². The van der Waals surface area contributed by atoms with Crippen molar-refractivity contribution in [3.05, 3.63) is 170 Å². The second-order valence-electron chi connectivity index (χ2n) is 30.2. The molecule has 1 unspecified atom stereocenters. The first kappa shape index (κ1) is 73.7. The first-order valence-electron chi connectivity index (χ1n) is 38.3. The molecule has 0 spiro atoms. The van der Waals surface area contributed by atoms with Crippen molar-refractivity contribution < 1.29 is 45.4 Å². The minimum Gasteiger partial charge on any atom is -0.381 e. The number of benzene rings is 5. The van der Waals surface area contributed by atoms with Crippen molar-refractivity contribution in [3.8, 4) is 33.4 Å². The first-order chi connectivity index (χ1) is 53.2. The molecule has 2 aliphatic carbocycles. The van der Waals surface area contributed by atoms with Gasteiger partial charge in [0.1, 0.15) is 0 Å². The van der Waals surface area contributed by atoms with Gasteiger partial charge in [-0.1, -0.05) is 0 Å². The lowest BCUT2D eigenvalue weighted by Gasteiger charge is -2.33. The summed E-state index contributed by atoms with van der Waals surface area (Å²) in [6.07, 6.45) is 15.3. The van der Waals surface area contributed by atoms with Crippen molar-refractivity contribution >= 4 is 68.1 Å². The highest BCUT2D eigenvalue weighted by atomic mass is 19.3. The second kappa shape index (κ2) is 30.4. The van der Waals surface area contributed by atoms with Crippen LogP contribution in [0.25, 0.3) is 55.3 Å². The van der Waals surface area contributed by atoms with Gasteiger partial charge in [-0.15, -0.1) is 0 Å². The van der Waals surface area contributed by atoms with E-state index >= 15 is 0 Å². The van der Waals surface area contributed by atoms with Crippen LogP contribution in [0.1, 0.15) is 162 Å². The SMILES string of the molecule is CNC(=O)C1CCc2c(c(N3CCCc4cc(-c5cnn(C)c5)c(C(F)F)cc43)nn2C2CCOCC2)C1.CNC(=O)c1ccc2c(c1)c(N1CCCc3cc(-c4cnn(C)c4)c(C(F)F)cc31)nn2C1CCOCC1.Cn1cc(-c2cc3c(cc2C(F)F)N(c2cc(C4CC4)c4c(c2)n(C)c(=O)n4C)CCC3)cn1. The molecule has 3 fully saturated rings. The zero-order valence-corrected chi connectivity index (χ0v) is 62.9. The number of aryl methyl sites for hydroxylation is 8. The largest absolute Gasteiger partial charge is 0.381 e. The Kier molecular flexibility index (Phi) is 20.4. The number of hydrogen-bond donors (Lipinski definition) is 2. The molecule has 5 aliphatic heterocycles. The van der Waals surface area contributed by atoms with Gasteiger partial charge in [0.25, 0.3) is 25.2 Å². The fourth-order valence-electron chi connectivity index (χ4n) is 17.5. The summed E-state index contributed by atoms with van der Waals surface area (Å²) in [6.45, 7) is 4.83. The quantitative estimate of drug-likeness (QED) is 0.0975. The lowest BCUT2D eigenvalue weighted by Crippen LogP contribution is -2.33. The molecule has 22 nitrogen and oxygen atoms in total. The number of carbonyl (C=O) groups is 2. The van der Waals surface area contributed by atoms with E-state index in [0.717, 1.165) is 169 Å². The summed E-state index contributed by atoms with van der Waals surface area (Å²) >= 11 is 0. The molecule has 2 amide bonds. The van der Waals surface area contributed by atoms with Crippen LogP contribution in [0.4, 0.5) is 60.7 Å². The summed E-state index contributed by atoms with van der Waals surface area (Å²) in [4.78, 5) is 44.1. The van der Waals surface area contributed by atoms with Crippen molar-refractivity contribution in [2.24, 2.45) is 41.2 Å². The number of rotatable bonds is 14. The number of nitrogens with one attached hydrogen (secondary N) is 2. The molecule has 28 heteroatoms. The molecule has 18 rings (SSSR count). The molecule has 576 valence electrons. The van der Waals surface area contributed by atoms with Crippen molar-refractivity contribution in [2.75, 3.05) is 74.9 Å². The van der Waals surface area contributed by atoms with E-state index in [9.17, 15) is 40.7 Å². The Morgan fingerprint density at radius 1 is 0.518 bits per heavy atom. The Bertz CT molecular complexity index is 5380. The van der Waals surface area contributed by atoms with Crippen molar-refractivity contribution in [2.45, 2.75) is 134 Å². The van der Waals surface area contributed by atoms with Gasteiger partial charge in [-0.3, -0.25) is 42.1 Å². The fraction of sp³-hybridized carbons (Fsp3) is 0.439. The Labute approximate surface area is 632 Å². The molecule has 6 aromatic heterocycles. The number of alkyl halides is 6. The molecule has 11 heterocycles. The number of ether oxygens (including phenoxy) is 2. The van der Waals surface area contributed by atoms with Gasteiger partial charge in [0.15, 0.2) is 11.6 Å².